The molecule has 0 saturated carbocycles. The summed E-state index contributed by atoms with van der Waals surface area (Å²) in [6.07, 6.45) is 2.34. The second-order valence-electron chi connectivity index (χ2n) is 3.29. The lowest BCUT2D eigenvalue weighted by atomic mass is 9.96. The van der Waals surface area contributed by atoms with Crippen molar-refractivity contribution >= 4 is 15.9 Å². The zero-order chi connectivity index (χ0) is 11.3. The van der Waals surface area contributed by atoms with E-state index in [0.29, 0.717) is 6.42 Å². The average Bonchev–Trinajstić information content (AvgIpc) is 2.16. The van der Waals surface area contributed by atoms with Crippen LogP contribution >= 0.6 is 15.9 Å². The van der Waals surface area contributed by atoms with E-state index >= 15 is 0 Å². The van der Waals surface area contributed by atoms with Gasteiger partial charge in [0.25, 0.3) is 0 Å². The molecule has 4 heteroatoms. The molecule has 0 radical (unpaired) electrons. The van der Waals surface area contributed by atoms with E-state index in [-0.39, 0.29) is 17.4 Å². The number of hydrogen-bond acceptors (Lipinski definition) is 2. The van der Waals surface area contributed by atoms with Crippen LogP contribution in [-0.2, 0) is 0 Å². The number of nitro groups is 1. The number of halogens is 1. The van der Waals surface area contributed by atoms with Gasteiger partial charge in [0.05, 0.1) is 5.92 Å². The summed E-state index contributed by atoms with van der Waals surface area (Å²) in [5, 5.41) is 10.5. The zero-order valence-corrected chi connectivity index (χ0v) is 9.81. The minimum Gasteiger partial charge on any atom is -0.265 e. The van der Waals surface area contributed by atoms with Gasteiger partial charge in [-0.05, 0) is 24.1 Å². The summed E-state index contributed by atoms with van der Waals surface area (Å²) in [7, 11) is 0. The molecule has 0 N–H and O–H groups in total. The molecule has 1 aromatic rings. The summed E-state index contributed by atoms with van der Waals surface area (Å²) in [6.45, 7) is 3.57. The molecule has 0 spiro atoms. The molecule has 80 valence electrons. The Balaban J connectivity index is 2.87. The highest BCUT2D eigenvalue weighted by Gasteiger charge is 2.16. The Morgan fingerprint density at radius 2 is 2.33 bits per heavy atom. The molecular formula is C11H12BrNO2. The second-order valence-corrected chi connectivity index (χ2v) is 4.21. The molecule has 0 aliphatic rings. The predicted molar refractivity (Wildman–Crippen MR) is 63.6 cm³/mol. The van der Waals surface area contributed by atoms with Gasteiger partial charge in [0.2, 0.25) is 6.54 Å². The van der Waals surface area contributed by atoms with Crippen molar-refractivity contribution < 1.29 is 4.92 Å². The predicted octanol–water partition coefficient (Wildman–Crippen LogP) is 3.39. The van der Waals surface area contributed by atoms with Gasteiger partial charge in [0.1, 0.15) is 0 Å². The van der Waals surface area contributed by atoms with Crippen LogP contribution in [0, 0.1) is 10.1 Å². The van der Waals surface area contributed by atoms with Gasteiger partial charge in [-0.15, -0.1) is 6.58 Å². The van der Waals surface area contributed by atoms with Crippen LogP contribution in [0.5, 0.6) is 0 Å². The lowest BCUT2D eigenvalue weighted by Crippen LogP contribution is -2.11. The van der Waals surface area contributed by atoms with Crippen molar-refractivity contribution in [3.63, 3.8) is 0 Å². The topological polar surface area (TPSA) is 43.1 Å². The minimum atomic E-state index is -0.283. The smallest absolute Gasteiger partial charge is 0.210 e. The Labute approximate surface area is 97.1 Å². The first-order valence-electron chi connectivity index (χ1n) is 4.61. The number of nitrogens with zero attached hydrogens (tertiary/aromatic N) is 1. The lowest BCUT2D eigenvalue weighted by Gasteiger charge is -2.10. The summed E-state index contributed by atoms with van der Waals surface area (Å²) in [4.78, 5) is 10.2. The molecule has 0 aliphatic heterocycles. The van der Waals surface area contributed by atoms with E-state index in [4.69, 9.17) is 0 Å². The molecule has 0 bridgehead atoms. The third kappa shape index (κ3) is 3.83. The first kappa shape index (κ1) is 11.9. The second kappa shape index (κ2) is 5.66. The highest BCUT2D eigenvalue weighted by atomic mass is 79.9. The number of benzene rings is 1. The van der Waals surface area contributed by atoms with Crippen LogP contribution in [-0.4, -0.2) is 11.5 Å². The van der Waals surface area contributed by atoms with E-state index in [1.165, 1.54) is 0 Å². The Kier molecular flexibility index (Phi) is 4.49. The molecule has 15 heavy (non-hydrogen) atoms. The first-order chi connectivity index (χ1) is 7.13. The lowest BCUT2D eigenvalue weighted by molar-refractivity contribution is -0.483. The SMILES string of the molecule is C=CCC(C[N+](=O)[O-])c1cccc(Br)c1. The van der Waals surface area contributed by atoms with Crippen molar-refractivity contribution in [3.8, 4) is 0 Å². The maximum absolute atomic E-state index is 10.5. The van der Waals surface area contributed by atoms with Crippen LogP contribution in [0.25, 0.3) is 0 Å². The van der Waals surface area contributed by atoms with Gasteiger partial charge in [0.15, 0.2) is 0 Å². The first-order valence-corrected chi connectivity index (χ1v) is 5.41. The molecule has 0 heterocycles. The summed E-state index contributed by atoms with van der Waals surface area (Å²) in [6, 6.07) is 7.61. The molecule has 0 saturated heterocycles. The normalized spacial score (nSPS) is 12.1. The Morgan fingerprint density at radius 1 is 1.60 bits per heavy atom. The maximum atomic E-state index is 10.5. The van der Waals surface area contributed by atoms with Crippen molar-refractivity contribution in [2.45, 2.75) is 12.3 Å². The minimum absolute atomic E-state index is 0.0531. The van der Waals surface area contributed by atoms with E-state index in [1.807, 2.05) is 24.3 Å². The molecule has 0 aromatic heterocycles. The third-order valence-corrected chi connectivity index (χ3v) is 2.63. The van der Waals surface area contributed by atoms with Crippen LogP contribution in [0.3, 0.4) is 0 Å². The van der Waals surface area contributed by atoms with Gasteiger partial charge in [-0.1, -0.05) is 34.1 Å². The van der Waals surface area contributed by atoms with Gasteiger partial charge in [0, 0.05) is 9.40 Å². The number of rotatable bonds is 5. The van der Waals surface area contributed by atoms with E-state index in [9.17, 15) is 10.1 Å². The van der Waals surface area contributed by atoms with Crippen molar-refractivity contribution in [2.24, 2.45) is 0 Å². The van der Waals surface area contributed by atoms with Crippen molar-refractivity contribution in [1.29, 1.82) is 0 Å². The van der Waals surface area contributed by atoms with Crippen molar-refractivity contribution in [2.75, 3.05) is 6.54 Å². The van der Waals surface area contributed by atoms with E-state index in [0.717, 1.165) is 10.0 Å². The highest BCUT2D eigenvalue weighted by molar-refractivity contribution is 9.10. The molecule has 1 unspecified atom stereocenters. The quantitative estimate of drug-likeness (QED) is 0.467. The molecular weight excluding hydrogens is 258 g/mol. The van der Waals surface area contributed by atoms with E-state index in [1.54, 1.807) is 6.08 Å². The summed E-state index contributed by atoms with van der Waals surface area (Å²) < 4.78 is 0.942. The standard InChI is InChI=1S/C11H12BrNO2/c1-2-4-10(8-13(14)15)9-5-3-6-11(12)7-9/h2-3,5-7,10H,1,4,8H2. The monoisotopic (exact) mass is 269 g/mol. The Morgan fingerprint density at radius 3 is 2.87 bits per heavy atom. The van der Waals surface area contributed by atoms with Crippen LogP contribution in [0.2, 0.25) is 0 Å². The fourth-order valence-corrected chi connectivity index (χ4v) is 1.87. The van der Waals surface area contributed by atoms with Crippen LogP contribution in [0.1, 0.15) is 17.9 Å². The summed E-state index contributed by atoms with van der Waals surface area (Å²) in [5.41, 5.74) is 0.973. The highest BCUT2D eigenvalue weighted by Crippen LogP contribution is 2.23. The molecule has 0 aliphatic carbocycles. The molecule has 0 amide bonds. The summed E-state index contributed by atoms with van der Waals surface area (Å²) in [5.74, 6) is -0.0880. The fourth-order valence-electron chi connectivity index (χ4n) is 1.46. The molecule has 1 rings (SSSR count). The fraction of sp³-hybridized carbons (Fsp3) is 0.273. The van der Waals surface area contributed by atoms with E-state index < -0.39 is 0 Å². The number of allylic oxidation sites excluding steroid dienone is 1. The Bertz CT molecular complexity index is 365. The molecule has 3 nitrogen and oxygen atoms in total. The van der Waals surface area contributed by atoms with Crippen molar-refractivity contribution in [3.05, 3.63) is 57.1 Å². The van der Waals surface area contributed by atoms with Crippen LogP contribution in [0.4, 0.5) is 0 Å². The van der Waals surface area contributed by atoms with Crippen LogP contribution in [0.15, 0.2) is 41.4 Å². The average molecular weight is 270 g/mol. The number of hydrogen-bond donors (Lipinski definition) is 0. The van der Waals surface area contributed by atoms with Gasteiger partial charge in [-0.2, -0.15) is 0 Å². The van der Waals surface area contributed by atoms with Crippen molar-refractivity contribution in [1.82, 2.24) is 0 Å². The maximum Gasteiger partial charge on any atom is 0.210 e. The third-order valence-electron chi connectivity index (χ3n) is 2.14. The molecule has 1 aromatic carbocycles. The zero-order valence-electron chi connectivity index (χ0n) is 8.23. The largest absolute Gasteiger partial charge is 0.265 e. The van der Waals surface area contributed by atoms with Gasteiger partial charge in [-0.3, -0.25) is 10.1 Å². The van der Waals surface area contributed by atoms with Gasteiger partial charge in [-0.25, -0.2) is 0 Å². The summed E-state index contributed by atoms with van der Waals surface area (Å²) >= 11 is 3.35. The van der Waals surface area contributed by atoms with Gasteiger partial charge < -0.3 is 0 Å². The van der Waals surface area contributed by atoms with Gasteiger partial charge >= 0.3 is 0 Å². The Hall–Kier alpha value is -1.16. The molecule has 0 fully saturated rings. The molecule has 1 atom stereocenters. The van der Waals surface area contributed by atoms with Crippen LogP contribution < -0.4 is 0 Å². The van der Waals surface area contributed by atoms with E-state index in [2.05, 4.69) is 22.5 Å².